The zero-order valence-corrected chi connectivity index (χ0v) is 43.4. The molecular formula is C51H58F10N10O8. The number of ether oxygens (including phenoxy) is 3. The number of methoxy groups -OCH3 is 2. The summed E-state index contributed by atoms with van der Waals surface area (Å²) in [6, 6.07) is 5.47. The summed E-state index contributed by atoms with van der Waals surface area (Å²) in [4.78, 5) is 61.9. The number of carbonyl (C=O) groups is 4. The van der Waals surface area contributed by atoms with Crippen LogP contribution < -0.4 is 26.3 Å². The molecule has 2 aliphatic rings. The number of aliphatic hydroxyl groups is 1. The number of nitrogens with zero attached hydrogens (tertiary/aromatic N) is 6. The van der Waals surface area contributed by atoms with Crippen LogP contribution in [-0.4, -0.2) is 157 Å². The van der Waals surface area contributed by atoms with Crippen molar-refractivity contribution in [3.05, 3.63) is 101 Å². The maximum absolute atomic E-state index is 16.0. The maximum atomic E-state index is 16.0. The van der Waals surface area contributed by atoms with Crippen LogP contribution in [0.25, 0.3) is 11.3 Å². The minimum atomic E-state index is -5.23. The number of morpholine rings is 1. The van der Waals surface area contributed by atoms with Crippen LogP contribution in [0.1, 0.15) is 56.5 Å². The number of rotatable bonds is 18. The van der Waals surface area contributed by atoms with Crippen molar-refractivity contribution in [3.8, 4) is 23.1 Å². The smallest absolute Gasteiger partial charge is 0.407 e. The van der Waals surface area contributed by atoms with Crippen molar-refractivity contribution in [1.29, 1.82) is 0 Å². The van der Waals surface area contributed by atoms with Gasteiger partial charge in [-0.2, -0.15) is 40.2 Å². The number of benzene rings is 2. The summed E-state index contributed by atoms with van der Waals surface area (Å²) in [5, 5.41) is 22.0. The molecule has 2 aromatic heterocycles. The second-order valence-electron chi connectivity index (χ2n) is 19.8. The Hall–Kier alpha value is -7.22. The van der Waals surface area contributed by atoms with Gasteiger partial charge in [-0.3, -0.25) is 19.9 Å². The van der Waals surface area contributed by atoms with Gasteiger partial charge in [-0.1, -0.05) is 24.0 Å². The van der Waals surface area contributed by atoms with Crippen molar-refractivity contribution in [1.82, 2.24) is 46.0 Å². The molecule has 28 heteroatoms. The summed E-state index contributed by atoms with van der Waals surface area (Å²) in [7, 11) is 1.60. The topological polar surface area (TPSA) is 205 Å². The minimum Gasteiger partial charge on any atom is -0.453 e. The zero-order valence-electron chi connectivity index (χ0n) is 43.4. The van der Waals surface area contributed by atoms with Gasteiger partial charge in [0.2, 0.25) is 5.91 Å². The first-order chi connectivity index (χ1) is 37.0. The number of hydrogen-bond acceptors (Lipinski definition) is 13. The fourth-order valence-electron chi connectivity index (χ4n) is 8.52. The van der Waals surface area contributed by atoms with E-state index < -0.39 is 115 Å². The van der Waals surface area contributed by atoms with Gasteiger partial charge in [0, 0.05) is 73.9 Å². The Labute approximate surface area is 447 Å². The number of anilines is 1. The SMILES string of the molecule is COC(=O)NC(C(=O)N[C@@H](Cc1ccc(C#Cc2ccc(N3CCN4CCOC[C@H]4C3)nc2)cc1)[C@@H](O)CN(Cc1c(F)cc(-c2ccn(C(F)F)n2)cc1F)NC(=O)[C@@H](NC(=O)OC)C(C)(C)C(F)(F)F)C(C)(C)C(F)(F)F. The number of halogens is 10. The summed E-state index contributed by atoms with van der Waals surface area (Å²) >= 11 is 0. The first-order valence-corrected chi connectivity index (χ1v) is 24.3. The second-order valence-corrected chi connectivity index (χ2v) is 19.8. The minimum absolute atomic E-state index is 0.197. The molecule has 1 unspecified atom stereocenters. The number of aliphatic hydroxyl groups excluding tert-OH is 1. The summed E-state index contributed by atoms with van der Waals surface area (Å²) < 4.78 is 161. The van der Waals surface area contributed by atoms with Gasteiger partial charge in [-0.05, 0) is 82.1 Å². The van der Waals surface area contributed by atoms with Gasteiger partial charge in [0.15, 0.2) is 0 Å². The summed E-state index contributed by atoms with van der Waals surface area (Å²) in [6.45, 7) is 1.45. The van der Waals surface area contributed by atoms with E-state index in [0.29, 0.717) is 69.2 Å². The number of alkyl carbamates (subject to hydrolysis) is 2. The number of hydrazine groups is 1. The van der Waals surface area contributed by atoms with E-state index in [0.717, 1.165) is 58.5 Å². The molecule has 2 aromatic carbocycles. The molecule has 18 nitrogen and oxygen atoms in total. The molecule has 4 heterocycles. The lowest BCUT2D eigenvalue weighted by Gasteiger charge is -2.44. The third-order valence-electron chi connectivity index (χ3n) is 13.7. The number of piperazine rings is 1. The Morgan fingerprint density at radius 3 is 1.94 bits per heavy atom. The van der Waals surface area contributed by atoms with Crippen molar-refractivity contribution in [2.24, 2.45) is 10.8 Å². The van der Waals surface area contributed by atoms with Crippen LogP contribution in [0, 0.1) is 34.3 Å². The molecule has 2 saturated heterocycles. The number of nitrogens with one attached hydrogen (secondary N) is 4. The molecule has 2 fully saturated rings. The van der Waals surface area contributed by atoms with Crippen molar-refractivity contribution < 1.29 is 82.4 Å². The molecule has 79 heavy (non-hydrogen) atoms. The predicted octanol–water partition coefficient (Wildman–Crippen LogP) is 6.09. The van der Waals surface area contributed by atoms with Crippen LogP contribution in [0.4, 0.5) is 59.3 Å². The standard InChI is InChI=1S/C51H58F10N10O8/c1-48(2,50(56,57)58)41(64-46(75)77-5)43(73)63-38(21-30-10-7-29(8-11-30)9-12-31-13-14-40(62-24-31)69-18-17-68-19-20-79-28-33(68)25-69)39(72)27-70(67-44(74)42(65-47(76)78-6)49(3,4)51(59,60)61)26-34-35(52)22-32(23-36(34)53)37-15-16-71(66-37)45(54)55/h7-8,10-11,13-16,22-24,33,38-39,41-42,45,72H,17-21,25-28H2,1-6H3,(H,63,73)(H,64,75)(H,65,76)(H,67,74)/t33-,38+,39+,41?,42-/m1/s1. The van der Waals surface area contributed by atoms with E-state index in [4.69, 9.17) is 4.74 Å². The van der Waals surface area contributed by atoms with Crippen LogP contribution in [0.3, 0.4) is 0 Å². The molecule has 0 spiro atoms. The monoisotopic (exact) mass is 1130 g/mol. The Morgan fingerprint density at radius 2 is 1.39 bits per heavy atom. The van der Waals surface area contributed by atoms with Gasteiger partial charge < -0.3 is 40.2 Å². The van der Waals surface area contributed by atoms with Crippen molar-refractivity contribution >= 4 is 29.8 Å². The van der Waals surface area contributed by atoms with Gasteiger partial charge in [0.05, 0.1) is 62.1 Å². The van der Waals surface area contributed by atoms with Crippen LogP contribution in [-0.2, 0) is 36.8 Å². The fraction of sp³-hybridized carbons (Fsp3) is 0.490. The summed E-state index contributed by atoms with van der Waals surface area (Å²) in [5.74, 6) is 0.679. The number of carbonyl (C=O) groups excluding carboxylic acids is 4. The Bertz CT molecular complexity index is 2820. The average molecular weight is 1130 g/mol. The number of fused-ring (bicyclic) bond motifs is 1. The van der Waals surface area contributed by atoms with Crippen LogP contribution in [0.2, 0.25) is 0 Å². The van der Waals surface area contributed by atoms with Gasteiger partial charge in [0.1, 0.15) is 29.5 Å². The maximum Gasteiger partial charge on any atom is 0.407 e. The van der Waals surface area contributed by atoms with E-state index in [1.807, 2.05) is 16.8 Å². The number of pyridine rings is 1. The molecule has 5 N–H and O–H groups in total. The van der Waals surface area contributed by atoms with Gasteiger partial charge in [0.25, 0.3) is 5.91 Å². The predicted molar refractivity (Wildman–Crippen MR) is 262 cm³/mol. The lowest BCUT2D eigenvalue weighted by Crippen LogP contribution is -2.63. The van der Waals surface area contributed by atoms with Crippen LogP contribution in [0.5, 0.6) is 0 Å². The van der Waals surface area contributed by atoms with E-state index >= 15 is 8.78 Å². The highest BCUT2D eigenvalue weighted by atomic mass is 19.4. The lowest BCUT2D eigenvalue weighted by atomic mass is 9.82. The molecule has 5 atom stereocenters. The van der Waals surface area contributed by atoms with Gasteiger partial charge in [-0.25, -0.2) is 33.0 Å². The fourth-order valence-corrected chi connectivity index (χ4v) is 8.52. The average Bonchev–Trinajstić information content (AvgIpc) is 3.93. The number of amides is 4. The largest absolute Gasteiger partial charge is 0.453 e. The molecule has 0 aliphatic carbocycles. The molecule has 4 aromatic rings. The van der Waals surface area contributed by atoms with Crippen LogP contribution in [0.15, 0.2) is 67.0 Å². The van der Waals surface area contributed by atoms with E-state index in [-0.39, 0.29) is 27.5 Å². The number of hydrogen-bond donors (Lipinski definition) is 5. The molecule has 0 radical (unpaired) electrons. The van der Waals surface area contributed by atoms with Crippen molar-refractivity contribution in [3.63, 3.8) is 0 Å². The highest BCUT2D eigenvalue weighted by Crippen LogP contribution is 2.42. The highest BCUT2D eigenvalue weighted by Gasteiger charge is 2.57. The van der Waals surface area contributed by atoms with E-state index in [1.165, 1.54) is 24.3 Å². The van der Waals surface area contributed by atoms with Crippen molar-refractivity contribution in [2.45, 2.75) is 89.8 Å². The molecule has 6 rings (SSSR count). The molecular weight excluding hydrogens is 1070 g/mol. The Kier molecular flexibility index (Phi) is 19.5. The van der Waals surface area contributed by atoms with Gasteiger partial charge in [-0.15, -0.1) is 0 Å². The number of aromatic nitrogens is 3. The molecule has 2 aliphatic heterocycles. The Balaban J connectivity index is 1.33. The molecule has 0 saturated carbocycles. The van der Waals surface area contributed by atoms with Crippen molar-refractivity contribution in [2.75, 3.05) is 65.1 Å². The quantitative estimate of drug-likeness (QED) is 0.0436. The molecule has 4 amide bonds. The third kappa shape index (κ3) is 15.1. The second kappa shape index (κ2) is 25.3. The summed E-state index contributed by atoms with van der Waals surface area (Å²) in [5.41, 5.74) is -4.46. The van der Waals surface area contributed by atoms with E-state index in [2.05, 4.69) is 46.5 Å². The normalized spacial score (nSPS) is 16.9. The lowest BCUT2D eigenvalue weighted by molar-refractivity contribution is -0.221. The highest BCUT2D eigenvalue weighted by molar-refractivity contribution is 5.87. The third-order valence-corrected chi connectivity index (χ3v) is 13.7. The van der Waals surface area contributed by atoms with E-state index in [1.54, 1.807) is 17.6 Å². The number of alkyl halides is 8. The first kappa shape index (κ1) is 61.0. The summed E-state index contributed by atoms with van der Waals surface area (Å²) in [6.07, 6.45) is -13.6. The Morgan fingerprint density at radius 1 is 0.810 bits per heavy atom. The molecule has 0 bridgehead atoms. The van der Waals surface area contributed by atoms with E-state index in [9.17, 15) is 59.4 Å². The molecule has 430 valence electrons. The van der Waals surface area contributed by atoms with Crippen LogP contribution >= 0.6 is 0 Å². The first-order valence-electron chi connectivity index (χ1n) is 24.3. The zero-order chi connectivity index (χ0) is 58.2. The van der Waals surface area contributed by atoms with Gasteiger partial charge >= 0.3 is 31.1 Å².